The Bertz CT molecular complexity index is 476. The number of methoxy groups -OCH3 is 1. The molecule has 0 radical (unpaired) electrons. The Hall–Kier alpha value is -0.540. The number of ether oxygens (including phenoxy) is 1. The first-order valence-corrected chi connectivity index (χ1v) is 8.59. The van der Waals surface area contributed by atoms with Crippen LogP contribution in [-0.4, -0.2) is 13.7 Å². The molecule has 110 valence electrons. The third kappa shape index (κ3) is 2.62. The van der Waals surface area contributed by atoms with Gasteiger partial charge in [-0.1, -0.05) is 29.3 Å². The molecule has 2 nitrogen and oxygen atoms in total. The Labute approximate surface area is 130 Å². The van der Waals surface area contributed by atoms with Crippen molar-refractivity contribution in [2.75, 3.05) is 13.7 Å². The molecule has 4 atom stereocenters. The largest absolute Gasteiger partial charge is 0.496 e. The normalized spacial score (nSPS) is 29.6. The van der Waals surface area contributed by atoms with Gasteiger partial charge in [0.05, 0.1) is 7.11 Å². The van der Waals surface area contributed by atoms with E-state index in [9.17, 15) is 0 Å². The number of nitrogens with one attached hydrogen (secondary N) is 1. The van der Waals surface area contributed by atoms with Gasteiger partial charge in [0.1, 0.15) is 5.75 Å². The maximum absolute atomic E-state index is 5.61. The highest BCUT2D eigenvalue weighted by Gasteiger charge is 2.43. The molecule has 2 aliphatic rings. The second-order valence-corrected chi connectivity index (χ2v) is 7.18. The minimum absolute atomic E-state index is 0.433. The summed E-state index contributed by atoms with van der Waals surface area (Å²) < 4.78 is 6.74. The van der Waals surface area contributed by atoms with E-state index < -0.39 is 0 Å². The van der Waals surface area contributed by atoms with Crippen LogP contribution in [0.5, 0.6) is 5.75 Å². The summed E-state index contributed by atoms with van der Waals surface area (Å²) in [4.78, 5) is 0. The average Bonchev–Trinajstić information content (AvgIpc) is 3.07. The molecular formula is C17H24BrNO. The summed E-state index contributed by atoms with van der Waals surface area (Å²) in [6, 6.07) is 6.81. The first kappa shape index (κ1) is 14.4. The van der Waals surface area contributed by atoms with Crippen LogP contribution >= 0.6 is 15.9 Å². The molecule has 2 bridgehead atoms. The molecule has 1 aromatic carbocycles. The van der Waals surface area contributed by atoms with Crippen molar-refractivity contribution in [1.82, 2.24) is 5.32 Å². The highest BCUT2D eigenvalue weighted by atomic mass is 79.9. The summed E-state index contributed by atoms with van der Waals surface area (Å²) in [7, 11) is 1.77. The molecule has 0 spiro atoms. The van der Waals surface area contributed by atoms with E-state index in [1.54, 1.807) is 7.11 Å². The molecule has 0 aromatic heterocycles. The van der Waals surface area contributed by atoms with Gasteiger partial charge in [-0.3, -0.25) is 0 Å². The van der Waals surface area contributed by atoms with Crippen molar-refractivity contribution in [3.8, 4) is 5.75 Å². The fourth-order valence-electron chi connectivity index (χ4n) is 4.36. The summed E-state index contributed by atoms with van der Waals surface area (Å²) in [5.74, 6) is 3.68. The molecule has 0 amide bonds. The van der Waals surface area contributed by atoms with Crippen molar-refractivity contribution < 1.29 is 4.74 Å². The molecule has 2 aliphatic carbocycles. The predicted molar refractivity (Wildman–Crippen MR) is 86.0 cm³/mol. The Kier molecular flexibility index (Phi) is 4.37. The lowest BCUT2D eigenvalue weighted by atomic mass is 9.80. The third-order valence-corrected chi connectivity index (χ3v) is 5.67. The Morgan fingerprint density at radius 3 is 2.80 bits per heavy atom. The van der Waals surface area contributed by atoms with Crippen LogP contribution in [-0.2, 0) is 0 Å². The van der Waals surface area contributed by atoms with E-state index in [1.807, 2.05) is 0 Å². The van der Waals surface area contributed by atoms with E-state index in [2.05, 4.69) is 46.4 Å². The van der Waals surface area contributed by atoms with E-state index in [0.717, 1.165) is 34.5 Å². The summed E-state index contributed by atoms with van der Waals surface area (Å²) in [6.07, 6.45) is 5.71. The van der Waals surface area contributed by atoms with Crippen LogP contribution in [0.3, 0.4) is 0 Å². The van der Waals surface area contributed by atoms with Crippen LogP contribution < -0.4 is 10.1 Å². The first-order valence-electron chi connectivity index (χ1n) is 7.79. The van der Waals surface area contributed by atoms with E-state index >= 15 is 0 Å². The fourth-order valence-corrected chi connectivity index (χ4v) is 4.74. The van der Waals surface area contributed by atoms with Crippen LogP contribution in [0.4, 0.5) is 0 Å². The van der Waals surface area contributed by atoms with E-state index in [0.29, 0.717) is 6.04 Å². The van der Waals surface area contributed by atoms with Crippen molar-refractivity contribution in [3.63, 3.8) is 0 Å². The third-order valence-electron chi connectivity index (χ3n) is 5.17. The van der Waals surface area contributed by atoms with Gasteiger partial charge in [0.25, 0.3) is 0 Å². The van der Waals surface area contributed by atoms with Crippen molar-refractivity contribution in [2.24, 2.45) is 17.8 Å². The molecule has 4 unspecified atom stereocenters. The fraction of sp³-hybridized carbons (Fsp3) is 0.647. The maximum atomic E-state index is 5.61. The molecule has 0 aliphatic heterocycles. The summed E-state index contributed by atoms with van der Waals surface area (Å²) in [5, 5.41) is 3.73. The minimum atomic E-state index is 0.433. The van der Waals surface area contributed by atoms with Gasteiger partial charge in [-0.05, 0) is 61.8 Å². The van der Waals surface area contributed by atoms with Crippen molar-refractivity contribution in [3.05, 3.63) is 28.2 Å². The van der Waals surface area contributed by atoms with E-state index in [4.69, 9.17) is 4.74 Å². The average molecular weight is 338 g/mol. The Balaban J connectivity index is 1.92. The van der Waals surface area contributed by atoms with Gasteiger partial charge in [0, 0.05) is 16.1 Å². The lowest BCUT2D eigenvalue weighted by Gasteiger charge is -2.32. The van der Waals surface area contributed by atoms with E-state index in [1.165, 1.54) is 31.2 Å². The molecule has 3 rings (SSSR count). The number of fused-ring (bicyclic) bond motifs is 2. The number of rotatable bonds is 5. The number of hydrogen-bond acceptors (Lipinski definition) is 2. The van der Waals surface area contributed by atoms with Gasteiger partial charge in [-0.2, -0.15) is 0 Å². The van der Waals surface area contributed by atoms with Crippen molar-refractivity contribution >= 4 is 15.9 Å². The zero-order chi connectivity index (χ0) is 14.1. The summed E-state index contributed by atoms with van der Waals surface area (Å²) in [6.45, 7) is 3.21. The zero-order valence-corrected chi connectivity index (χ0v) is 13.9. The second kappa shape index (κ2) is 6.07. The van der Waals surface area contributed by atoms with Gasteiger partial charge in [-0.15, -0.1) is 0 Å². The van der Waals surface area contributed by atoms with Gasteiger partial charge >= 0.3 is 0 Å². The molecule has 0 saturated heterocycles. The molecule has 2 fully saturated rings. The molecule has 2 saturated carbocycles. The molecule has 0 heterocycles. The van der Waals surface area contributed by atoms with Crippen LogP contribution in [0, 0.1) is 17.8 Å². The van der Waals surface area contributed by atoms with Crippen LogP contribution in [0.25, 0.3) is 0 Å². The van der Waals surface area contributed by atoms with Crippen LogP contribution in [0.15, 0.2) is 22.7 Å². The zero-order valence-electron chi connectivity index (χ0n) is 12.4. The number of halogens is 1. The molecule has 1 N–H and O–H groups in total. The lowest BCUT2D eigenvalue weighted by Crippen LogP contribution is -2.31. The van der Waals surface area contributed by atoms with Crippen molar-refractivity contribution in [2.45, 2.75) is 38.6 Å². The summed E-state index contributed by atoms with van der Waals surface area (Å²) in [5.41, 5.74) is 1.32. The standard InChI is InChI=1S/C17H24BrNO/c1-3-19-17(14-9-11-4-5-12(14)8-11)15-10-13(18)6-7-16(15)20-2/h6-7,10-12,14,17,19H,3-5,8-9H2,1-2H3. The van der Waals surface area contributed by atoms with E-state index in [-0.39, 0.29) is 0 Å². The predicted octanol–water partition coefficient (Wildman–Crippen LogP) is 4.54. The quantitative estimate of drug-likeness (QED) is 0.851. The highest BCUT2D eigenvalue weighted by Crippen LogP contribution is 2.53. The molecule has 3 heteroatoms. The first-order chi connectivity index (χ1) is 9.72. The number of benzene rings is 1. The Morgan fingerprint density at radius 1 is 1.35 bits per heavy atom. The van der Waals surface area contributed by atoms with Crippen LogP contribution in [0.1, 0.15) is 44.2 Å². The maximum Gasteiger partial charge on any atom is 0.123 e. The SMILES string of the molecule is CCNC(c1cc(Br)ccc1OC)C1CC2CCC1C2. The topological polar surface area (TPSA) is 21.3 Å². The smallest absolute Gasteiger partial charge is 0.123 e. The van der Waals surface area contributed by atoms with Gasteiger partial charge in [0.15, 0.2) is 0 Å². The number of hydrogen-bond donors (Lipinski definition) is 1. The van der Waals surface area contributed by atoms with Gasteiger partial charge in [0.2, 0.25) is 0 Å². The second-order valence-electron chi connectivity index (χ2n) is 6.26. The Morgan fingerprint density at radius 2 is 2.20 bits per heavy atom. The molecule has 20 heavy (non-hydrogen) atoms. The van der Waals surface area contributed by atoms with Gasteiger partial charge < -0.3 is 10.1 Å². The minimum Gasteiger partial charge on any atom is -0.496 e. The molecular weight excluding hydrogens is 314 g/mol. The monoisotopic (exact) mass is 337 g/mol. The molecule has 1 aromatic rings. The van der Waals surface area contributed by atoms with Crippen LogP contribution in [0.2, 0.25) is 0 Å². The lowest BCUT2D eigenvalue weighted by molar-refractivity contribution is 0.248. The van der Waals surface area contributed by atoms with Gasteiger partial charge in [-0.25, -0.2) is 0 Å². The summed E-state index contributed by atoms with van der Waals surface area (Å²) >= 11 is 3.61. The highest BCUT2D eigenvalue weighted by molar-refractivity contribution is 9.10. The van der Waals surface area contributed by atoms with Crippen molar-refractivity contribution in [1.29, 1.82) is 0 Å².